The van der Waals surface area contributed by atoms with Crippen molar-refractivity contribution in [2.24, 2.45) is 0 Å². The molecule has 3 N–H and O–H groups in total. The van der Waals surface area contributed by atoms with E-state index in [4.69, 9.17) is 4.42 Å². The molecular weight excluding hydrogens is 473 g/mol. The summed E-state index contributed by atoms with van der Waals surface area (Å²) >= 11 is 2.17. The highest BCUT2D eigenvalue weighted by Gasteiger charge is 2.36. The van der Waals surface area contributed by atoms with E-state index in [0.29, 0.717) is 17.7 Å². The first-order valence-corrected chi connectivity index (χ1v) is 10.1. The summed E-state index contributed by atoms with van der Waals surface area (Å²) < 4.78 is 7.04. The largest absolute Gasteiger partial charge is 0.507 e. The van der Waals surface area contributed by atoms with Crippen LogP contribution in [-0.2, 0) is 0 Å². The van der Waals surface area contributed by atoms with Crippen molar-refractivity contribution in [1.82, 2.24) is 4.90 Å². The lowest BCUT2D eigenvalue weighted by Crippen LogP contribution is -2.32. The summed E-state index contributed by atoms with van der Waals surface area (Å²) in [6.07, 6.45) is 0.700. The number of hydrogen-bond acceptors (Lipinski definition) is 6. The van der Waals surface area contributed by atoms with Gasteiger partial charge in [0, 0.05) is 38.8 Å². The van der Waals surface area contributed by atoms with E-state index >= 15 is 0 Å². The van der Waals surface area contributed by atoms with Gasteiger partial charge in [-0.1, -0.05) is 18.2 Å². The van der Waals surface area contributed by atoms with Crippen molar-refractivity contribution >= 4 is 33.6 Å². The molecule has 7 heteroatoms. The molecule has 0 unspecified atom stereocenters. The van der Waals surface area contributed by atoms with Gasteiger partial charge in [-0.2, -0.15) is 0 Å². The third-order valence-electron chi connectivity index (χ3n) is 5.52. The highest BCUT2D eigenvalue weighted by atomic mass is 127. The lowest BCUT2D eigenvalue weighted by Gasteiger charge is -2.24. The monoisotopic (exact) mass is 493 g/mol. The Morgan fingerprint density at radius 1 is 1.21 bits per heavy atom. The minimum Gasteiger partial charge on any atom is -0.507 e. The van der Waals surface area contributed by atoms with Gasteiger partial charge in [0.2, 0.25) is 0 Å². The van der Waals surface area contributed by atoms with Gasteiger partial charge in [-0.15, -0.1) is 0 Å². The third-order valence-corrected chi connectivity index (χ3v) is 6.46. The molecule has 146 valence electrons. The number of likely N-dealkylation sites (N-methyl/N-ethyl adjacent to an activating group) is 1. The number of fused-ring (bicyclic) bond motifs is 1. The molecule has 0 radical (unpaired) electrons. The van der Waals surface area contributed by atoms with Crippen molar-refractivity contribution in [3.8, 4) is 22.8 Å². The first kappa shape index (κ1) is 19.2. The third kappa shape index (κ3) is 3.07. The van der Waals surface area contributed by atoms with Gasteiger partial charge in [0.15, 0.2) is 5.43 Å². The van der Waals surface area contributed by atoms with E-state index in [1.165, 1.54) is 12.1 Å². The molecule has 28 heavy (non-hydrogen) atoms. The van der Waals surface area contributed by atoms with Crippen molar-refractivity contribution in [1.29, 1.82) is 0 Å². The fourth-order valence-electron chi connectivity index (χ4n) is 4.09. The molecule has 1 fully saturated rings. The highest BCUT2D eigenvalue weighted by molar-refractivity contribution is 14.1. The SMILES string of the molecule is CN1CC[C@@H](c2c(O)cc(O)c3c(=O)cc(-c4ccccc4I)oc23)[C@@H]1CO. The van der Waals surface area contributed by atoms with Crippen LogP contribution in [0, 0.1) is 3.57 Å². The number of phenolic OH excluding ortho intramolecular Hbond substituents is 2. The van der Waals surface area contributed by atoms with Crippen LogP contribution in [0.3, 0.4) is 0 Å². The molecule has 0 aliphatic carbocycles. The highest BCUT2D eigenvalue weighted by Crippen LogP contribution is 2.44. The Hall–Kier alpha value is -2.10. The lowest BCUT2D eigenvalue weighted by atomic mass is 9.89. The van der Waals surface area contributed by atoms with Crippen molar-refractivity contribution in [3.63, 3.8) is 0 Å². The summed E-state index contributed by atoms with van der Waals surface area (Å²) in [4.78, 5) is 14.9. The molecule has 1 aromatic heterocycles. The van der Waals surface area contributed by atoms with Crippen molar-refractivity contribution < 1.29 is 19.7 Å². The topological polar surface area (TPSA) is 94.1 Å². The predicted octanol–water partition coefficient (Wildman–Crippen LogP) is 3.26. The van der Waals surface area contributed by atoms with E-state index < -0.39 is 0 Å². The molecule has 2 heterocycles. The number of likely N-dealkylation sites (tertiary alicyclic amines) is 1. The van der Waals surface area contributed by atoms with Crippen LogP contribution in [0.5, 0.6) is 11.5 Å². The molecule has 0 amide bonds. The molecule has 6 nitrogen and oxygen atoms in total. The Bertz CT molecular complexity index is 1110. The summed E-state index contributed by atoms with van der Waals surface area (Å²) in [5.74, 6) is -0.287. The van der Waals surface area contributed by atoms with Crippen LogP contribution >= 0.6 is 22.6 Å². The minimum absolute atomic E-state index is 0.0498. The molecular formula is C21H20INO5. The fourth-order valence-corrected chi connectivity index (χ4v) is 4.74. The van der Waals surface area contributed by atoms with Crippen LogP contribution in [-0.4, -0.2) is 46.5 Å². The normalized spacial score (nSPS) is 20.1. The van der Waals surface area contributed by atoms with Crippen molar-refractivity contribution in [2.75, 3.05) is 20.2 Å². The number of aliphatic hydroxyl groups excluding tert-OH is 1. The number of aliphatic hydroxyl groups is 1. The molecule has 1 aliphatic heterocycles. The molecule has 2 aromatic carbocycles. The smallest absolute Gasteiger partial charge is 0.197 e. The van der Waals surface area contributed by atoms with Gasteiger partial charge in [-0.05, 0) is 48.7 Å². The van der Waals surface area contributed by atoms with Gasteiger partial charge in [-0.25, -0.2) is 0 Å². The predicted molar refractivity (Wildman–Crippen MR) is 115 cm³/mol. The standard InChI is InChI=1S/C21H20INO5/c1-23-7-6-12(14(23)10-24)19-15(25)8-16(26)20-17(27)9-18(28-21(19)20)11-4-2-3-5-13(11)22/h2-5,8-9,12,14,24-26H,6-7,10H2,1H3/t12-,14+/m1/s1. The molecule has 4 rings (SSSR count). The zero-order valence-electron chi connectivity index (χ0n) is 15.2. The van der Waals surface area contributed by atoms with E-state index in [1.807, 2.05) is 36.2 Å². The first-order chi connectivity index (χ1) is 13.4. The second-order valence-electron chi connectivity index (χ2n) is 7.11. The Balaban J connectivity index is 2.03. The Kier molecular flexibility index (Phi) is 5.07. The van der Waals surface area contributed by atoms with Crippen LogP contribution in [0.15, 0.2) is 45.6 Å². The summed E-state index contributed by atoms with van der Waals surface area (Å²) in [7, 11) is 1.91. The second-order valence-corrected chi connectivity index (χ2v) is 8.28. The maximum absolute atomic E-state index is 12.8. The average molecular weight is 493 g/mol. The molecule has 0 bridgehead atoms. The summed E-state index contributed by atoms with van der Waals surface area (Å²) in [6, 6.07) is 9.87. The molecule has 2 atom stereocenters. The summed E-state index contributed by atoms with van der Waals surface area (Å²) in [5, 5.41) is 30.8. The van der Waals surface area contributed by atoms with Gasteiger partial charge < -0.3 is 24.6 Å². The Morgan fingerprint density at radius 2 is 1.96 bits per heavy atom. The minimum atomic E-state index is -0.374. The zero-order chi connectivity index (χ0) is 20.0. The van der Waals surface area contributed by atoms with Crippen LogP contribution in [0.4, 0.5) is 0 Å². The second kappa shape index (κ2) is 7.38. The van der Waals surface area contributed by atoms with Gasteiger partial charge in [0.25, 0.3) is 0 Å². The van der Waals surface area contributed by atoms with E-state index in [2.05, 4.69) is 22.6 Å². The van der Waals surface area contributed by atoms with Crippen LogP contribution in [0.2, 0.25) is 0 Å². The summed E-state index contributed by atoms with van der Waals surface area (Å²) in [6.45, 7) is 0.668. The number of aromatic hydroxyl groups is 2. The van der Waals surface area contributed by atoms with Gasteiger partial charge >= 0.3 is 0 Å². The number of halogens is 1. The maximum atomic E-state index is 12.8. The van der Waals surface area contributed by atoms with E-state index in [1.54, 1.807) is 0 Å². The van der Waals surface area contributed by atoms with Gasteiger partial charge in [0.1, 0.15) is 28.2 Å². The van der Waals surface area contributed by atoms with E-state index in [0.717, 1.165) is 15.7 Å². The number of nitrogens with zero attached hydrogens (tertiary/aromatic N) is 1. The number of benzene rings is 2. The van der Waals surface area contributed by atoms with Crippen LogP contribution in [0.1, 0.15) is 17.9 Å². The first-order valence-electron chi connectivity index (χ1n) is 9.01. The fraction of sp³-hybridized carbons (Fsp3) is 0.286. The summed E-state index contributed by atoms with van der Waals surface area (Å²) in [5.41, 5.74) is 1.03. The van der Waals surface area contributed by atoms with Gasteiger partial charge in [-0.3, -0.25) is 4.79 Å². The van der Waals surface area contributed by atoms with E-state index in [9.17, 15) is 20.1 Å². The molecule has 0 saturated carbocycles. The van der Waals surface area contributed by atoms with Crippen molar-refractivity contribution in [2.45, 2.75) is 18.4 Å². The molecule has 0 spiro atoms. The Morgan fingerprint density at radius 3 is 2.68 bits per heavy atom. The van der Waals surface area contributed by atoms with Gasteiger partial charge in [0.05, 0.1) is 6.61 Å². The lowest BCUT2D eigenvalue weighted by molar-refractivity contribution is 0.172. The van der Waals surface area contributed by atoms with Crippen LogP contribution < -0.4 is 5.43 Å². The number of rotatable bonds is 3. The van der Waals surface area contributed by atoms with E-state index in [-0.39, 0.29) is 46.5 Å². The molecule has 1 saturated heterocycles. The van der Waals surface area contributed by atoms with Crippen LogP contribution in [0.25, 0.3) is 22.3 Å². The number of phenols is 2. The number of hydrogen-bond donors (Lipinski definition) is 3. The average Bonchev–Trinajstić information content (AvgIpc) is 3.01. The molecule has 1 aliphatic rings. The zero-order valence-corrected chi connectivity index (χ0v) is 17.4. The van der Waals surface area contributed by atoms with Crippen molar-refractivity contribution in [3.05, 3.63) is 55.8 Å². The maximum Gasteiger partial charge on any atom is 0.197 e. The molecule has 3 aromatic rings. The Labute approximate surface area is 175 Å². The quantitative estimate of drug-likeness (QED) is 0.486.